The van der Waals surface area contributed by atoms with Crippen LogP contribution in [0.25, 0.3) is 0 Å². The van der Waals surface area contributed by atoms with E-state index in [2.05, 4.69) is 10.5 Å². The second-order valence-corrected chi connectivity index (χ2v) is 9.73. The Morgan fingerprint density at radius 1 is 1.08 bits per heavy atom. The summed E-state index contributed by atoms with van der Waals surface area (Å²) in [5.41, 5.74) is 1.65. The van der Waals surface area contributed by atoms with Crippen molar-refractivity contribution in [1.29, 1.82) is 0 Å². The lowest BCUT2D eigenvalue weighted by Crippen LogP contribution is -2.41. The van der Waals surface area contributed by atoms with Crippen LogP contribution in [0.4, 0.5) is 0 Å². The van der Waals surface area contributed by atoms with E-state index in [9.17, 15) is 9.59 Å². The van der Waals surface area contributed by atoms with Gasteiger partial charge in [-0.25, -0.2) is 0 Å². The van der Waals surface area contributed by atoms with Crippen molar-refractivity contribution >= 4 is 35.0 Å². The average Bonchev–Trinajstić information content (AvgIpc) is 3.37. The van der Waals surface area contributed by atoms with Crippen molar-refractivity contribution in [3.05, 3.63) is 81.2 Å². The topological polar surface area (TPSA) is 84.7 Å². The quantitative estimate of drug-likeness (QED) is 0.370. The highest BCUT2D eigenvalue weighted by Crippen LogP contribution is 2.29. The number of benzene rings is 2. The minimum Gasteiger partial charge on any atom is -0.497 e. The van der Waals surface area contributed by atoms with Crippen molar-refractivity contribution in [2.45, 2.75) is 51.1 Å². The van der Waals surface area contributed by atoms with E-state index >= 15 is 0 Å². The first kappa shape index (κ1) is 26.0. The zero-order chi connectivity index (χ0) is 25.5. The molecule has 190 valence electrons. The molecule has 0 radical (unpaired) electrons. The fraction of sp³-hybridized carbons (Fsp3) is 0.370. The average molecular weight is 530 g/mol. The van der Waals surface area contributed by atoms with Crippen LogP contribution in [0.3, 0.4) is 0 Å². The van der Waals surface area contributed by atoms with E-state index < -0.39 is 0 Å². The lowest BCUT2D eigenvalue weighted by atomic mass is 9.93. The molecule has 0 spiro atoms. The molecule has 0 bridgehead atoms. The van der Waals surface area contributed by atoms with Crippen LogP contribution in [-0.2, 0) is 13.0 Å². The highest BCUT2D eigenvalue weighted by molar-refractivity contribution is 6.36. The van der Waals surface area contributed by atoms with Gasteiger partial charge in [0.2, 0.25) is 0 Å². The van der Waals surface area contributed by atoms with Gasteiger partial charge in [-0.15, -0.1) is 0 Å². The van der Waals surface area contributed by atoms with Gasteiger partial charge in [-0.2, -0.15) is 0 Å². The number of amides is 2. The smallest absolute Gasteiger partial charge is 0.273 e. The van der Waals surface area contributed by atoms with Crippen LogP contribution in [0.1, 0.15) is 64.3 Å². The van der Waals surface area contributed by atoms with Gasteiger partial charge in [0.05, 0.1) is 24.2 Å². The molecule has 3 aromatic rings. The second-order valence-electron chi connectivity index (χ2n) is 8.88. The van der Waals surface area contributed by atoms with E-state index in [-0.39, 0.29) is 30.1 Å². The number of aromatic nitrogens is 1. The van der Waals surface area contributed by atoms with Crippen molar-refractivity contribution in [1.82, 2.24) is 15.4 Å². The molecule has 9 heteroatoms. The third-order valence-corrected chi connectivity index (χ3v) is 6.96. The van der Waals surface area contributed by atoms with Crippen molar-refractivity contribution < 1.29 is 18.8 Å². The normalized spacial score (nSPS) is 13.9. The van der Waals surface area contributed by atoms with Crippen LogP contribution in [0.2, 0.25) is 10.0 Å². The zero-order valence-corrected chi connectivity index (χ0v) is 21.6. The van der Waals surface area contributed by atoms with Gasteiger partial charge in [-0.3, -0.25) is 9.59 Å². The van der Waals surface area contributed by atoms with E-state index in [1.807, 2.05) is 24.3 Å². The maximum absolute atomic E-state index is 13.5. The van der Waals surface area contributed by atoms with Crippen LogP contribution in [0, 0.1) is 0 Å². The number of methoxy groups -OCH3 is 1. The monoisotopic (exact) mass is 529 g/mol. The minimum atomic E-state index is -0.324. The zero-order valence-electron chi connectivity index (χ0n) is 20.1. The molecular weight excluding hydrogens is 501 g/mol. The Labute approximate surface area is 220 Å². The molecule has 1 aromatic heterocycles. The highest BCUT2D eigenvalue weighted by Gasteiger charge is 2.29. The minimum absolute atomic E-state index is 0.0601. The number of halogens is 2. The third kappa shape index (κ3) is 6.59. The lowest BCUT2D eigenvalue weighted by molar-refractivity contribution is 0.0590. The molecule has 1 N–H and O–H groups in total. The number of hydrogen-bond donors (Lipinski definition) is 1. The van der Waals surface area contributed by atoms with Gasteiger partial charge in [0, 0.05) is 23.7 Å². The van der Waals surface area contributed by atoms with Crippen molar-refractivity contribution in [3.63, 3.8) is 0 Å². The predicted octanol–water partition coefficient (Wildman–Crippen LogP) is 5.94. The predicted molar refractivity (Wildman–Crippen MR) is 139 cm³/mol. The molecule has 0 atom stereocenters. The van der Waals surface area contributed by atoms with E-state index in [1.165, 1.54) is 0 Å². The summed E-state index contributed by atoms with van der Waals surface area (Å²) in [6.07, 6.45) is 5.76. The van der Waals surface area contributed by atoms with Crippen LogP contribution in [0.15, 0.2) is 53.1 Å². The SMILES string of the molecule is COc1ccc(CCNC(=O)c2cc(CN(C(=O)c3ccc(Cl)cc3Cl)C3CCCCC3)on2)cc1. The fourth-order valence-corrected chi connectivity index (χ4v) is 4.93. The maximum atomic E-state index is 13.5. The molecule has 1 fully saturated rings. The first-order chi connectivity index (χ1) is 17.4. The number of carbonyl (C=O) groups is 2. The van der Waals surface area contributed by atoms with E-state index in [4.69, 9.17) is 32.5 Å². The standard InChI is InChI=1S/C27H29Cl2N3O4/c1-35-21-10-7-18(8-11-21)13-14-30-26(33)25-16-22(36-31-25)17-32(20-5-3-2-4-6-20)27(34)23-12-9-19(28)15-24(23)29/h7-12,15-16,20H,2-6,13-14,17H2,1H3,(H,30,33). The molecule has 1 aliphatic carbocycles. The third-order valence-electron chi connectivity index (χ3n) is 6.41. The largest absolute Gasteiger partial charge is 0.497 e. The summed E-state index contributed by atoms with van der Waals surface area (Å²) in [6, 6.07) is 14.2. The Bertz CT molecular complexity index is 1190. The molecule has 2 aromatic carbocycles. The Balaban J connectivity index is 1.41. The van der Waals surface area contributed by atoms with E-state index in [0.29, 0.717) is 34.3 Å². The lowest BCUT2D eigenvalue weighted by Gasteiger charge is -2.34. The Hall–Kier alpha value is -3.03. The van der Waals surface area contributed by atoms with E-state index in [1.54, 1.807) is 36.3 Å². The number of hydrogen-bond acceptors (Lipinski definition) is 5. The van der Waals surface area contributed by atoms with Crippen LogP contribution in [0.5, 0.6) is 5.75 Å². The number of nitrogens with one attached hydrogen (secondary N) is 1. The van der Waals surface area contributed by atoms with Gasteiger partial charge < -0.3 is 19.5 Å². The van der Waals surface area contributed by atoms with Crippen LogP contribution >= 0.6 is 23.2 Å². The van der Waals surface area contributed by atoms with Gasteiger partial charge in [0.15, 0.2) is 11.5 Å². The second kappa shape index (κ2) is 12.3. The summed E-state index contributed by atoms with van der Waals surface area (Å²) in [7, 11) is 1.62. The summed E-state index contributed by atoms with van der Waals surface area (Å²) in [6.45, 7) is 0.656. The van der Waals surface area contributed by atoms with Gasteiger partial charge in [0.25, 0.3) is 11.8 Å². The number of rotatable bonds is 9. The number of ether oxygens (including phenoxy) is 1. The molecule has 0 saturated heterocycles. The van der Waals surface area contributed by atoms with Crippen LogP contribution < -0.4 is 10.1 Å². The van der Waals surface area contributed by atoms with Crippen molar-refractivity contribution in [2.75, 3.05) is 13.7 Å². The molecule has 4 rings (SSSR count). The summed E-state index contributed by atoms with van der Waals surface area (Å²) in [5.74, 6) is 0.719. The van der Waals surface area contributed by atoms with Gasteiger partial charge in [-0.05, 0) is 55.2 Å². The number of carbonyl (C=O) groups excluding carboxylic acids is 2. The van der Waals surface area contributed by atoms with Crippen LogP contribution in [-0.4, -0.2) is 41.6 Å². The Kier molecular flexibility index (Phi) is 8.88. The fourth-order valence-electron chi connectivity index (χ4n) is 4.44. The van der Waals surface area contributed by atoms with Crippen molar-refractivity contribution in [3.8, 4) is 5.75 Å². The molecule has 1 heterocycles. The van der Waals surface area contributed by atoms with E-state index in [0.717, 1.165) is 43.4 Å². The summed E-state index contributed by atoms with van der Waals surface area (Å²) < 4.78 is 10.6. The number of nitrogens with zero attached hydrogens (tertiary/aromatic N) is 2. The molecule has 7 nitrogen and oxygen atoms in total. The molecule has 36 heavy (non-hydrogen) atoms. The van der Waals surface area contributed by atoms with Gasteiger partial charge in [0.1, 0.15) is 5.75 Å². The molecule has 0 unspecified atom stereocenters. The van der Waals surface area contributed by atoms with Gasteiger partial charge in [-0.1, -0.05) is 59.8 Å². The highest BCUT2D eigenvalue weighted by atomic mass is 35.5. The molecular formula is C27H29Cl2N3O4. The van der Waals surface area contributed by atoms with Gasteiger partial charge >= 0.3 is 0 Å². The summed E-state index contributed by atoms with van der Waals surface area (Å²) in [5, 5.41) is 7.58. The summed E-state index contributed by atoms with van der Waals surface area (Å²) in [4.78, 5) is 27.9. The molecule has 0 aliphatic heterocycles. The summed E-state index contributed by atoms with van der Waals surface area (Å²) >= 11 is 12.4. The molecule has 2 amide bonds. The first-order valence-corrected chi connectivity index (χ1v) is 12.8. The first-order valence-electron chi connectivity index (χ1n) is 12.1. The Morgan fingerprint density at radius 3 is 2.53 bits per heavy atom. The Morgan fingerprint density at radius 2 is 1.83 bits per heavy atom. The molecule has 1 aliphatic rings. The molecule has 1 saturated carbocycles. The van der Waals surface area contributed by atoms with Crippen molar-refractivity contribution in [2.24, 2.45) is 0 Å². The maximum Gasteiger partial charge on any atom is 0.273 e.